The van der Waals surface area contributed by atoms with Gasteiger partial charge in [-0.1, -0.05) is 27.7 Å². The van der Waals surface area contributed by atoms with Crippen LogP contribution in [0.4, 0.5) is 0 Å². The second kappa shape index (κ2) is 4.50. The van der Waals surface area contributed by atoms with E-state index >= 15 is 0 Å². The second-order valence-electron chi connectivity index (χ2n) is 5.18. The molecule has 3 nitrogen and oxygen atoms in total. The van der Waals surface area contributed by atoms with E-state index in [-0.39, 0.29) is 0 Å². The maximum absolute atomic E-state index is 5.69. The van der Waals surface area contributed by atoms with Crippen molar-refractivity contribution in [3.63, 3.8) is 0 Å². The molecule has 3 heteroatoms. The van der Waals surface area contributed by atoms with Gasteiger partial charge in [0.1, 0.15) is 0 Å². The largest absolute Gasteiger partial charge is 0.376 e. The Morgan fingerprint density at radius 3 is 2.69 bits per heavy atom. The number of rotatable bonds is 2. The fraction of sp³-hybridized carbons (Fsp3) is 0.692. The zero-order valence-electron chi connectivity index (χ0n) is 10.5. The second-order valence-corrected chi connectivity index (χ2v) is 5.18. The summed E-state index contributed by atoms with van der Waals surface area (Å²) in [6.07, 6.45) is 1.88. The number of nitrogens with zero attached hydrogens (tertiary/aromatic N) is 2. The third kappa shape index (κ3) is 1.96. The molecule has 0 spiro atoms. The smallest absolute Gasteiger partial charge is 0.0745 e. The van der Waals surface area contributed by atoms with E-state index in [0.29, 0.717) is 24.4 Å². The molecule has 0 saturated heterocycles. The van der Waals surface area contributed by atoms with E-state index in [4.69, 9.17) is 4.74 Å². The Balaban J connectivity index is 2.46. The number of fused-ring (bicyclic) bond motifs is 1. The highest BCUT2D eigenvalue weighted by Crippen LogP contribution is 2.33. The molecule has 1 aliphatic heterocycles. The minimum absolute atomic E-state index is 0.398. The highest BCUT2D eigenvalue weighted by molar-refractivity contribution is 5.33. The van der Waals surface area contributed by atoms with Crippen molar-refractivity contribution >= 4 is 0 Å². The van der Waals surface area contributed by atoms with Gasteiger partial charge >= 0.3 is 0 Å². The van der Waals surface area contributed by atoms with Crippen LogP contribution in [-0.2, 0) is 11.3 Å². The first kappa shape index (κ1) is 11.5. The average Bonchev–Trinajstić information content (AvgIpc) is 2.27. The molecule has 0 aliphatic carbocycles. The first-order valence-electron chi connectivity index (χ1n) is 6.03. The van der Waals surface area contributed by atoms with Gasteiger partial charge in [0.15, 0.2) is 0 Å². The molecule has 0 N–H and O–H groups in total. The molecule has 0 aromatic carbocycles. The lowest BCUT2D eigenvalue weighted by Gasteiger charge is -2.28. The van der Waals surface area contributed by atoms with E-state index in [0.717, 1.165) is 12.3 Å². The third-order valence-corrected chi connectivity index (χ3v) is 3.34. The van der Waals surface area contributed by atoms with Crippen LogP contribution in [0.3, 0.4) is 0 Å². The number of hydrogen-bond donors (Lipinski definition) is 0. The summed E-state index contributed by atoms with van der Waals surface area (Å²) >= 11 is 0. The standard InChI is InChI=1S/C13H20N2O/c1-8(2)10-5-14-15-13-11(9(3)4)6-16-7-12(10)13/h5,8-9,11H,6-7H2,1-4H3. The molecule has 0 fully saturated rings. The molecule has 1 aromatic heterocycles. The molecule has 2 rings (SSSR count). The fourth-order valence-corrected chi connectivity index (χ4v) is 2.27. The summed E-state index contributed by atoms with van der Waals surface area (Å²) in [5, 5.41) is 8.48. The molecule has 1 atom stereocenters. The monoisotopic (exact) mass is 220 g/mol. The van der Waals surface area contributed by atoms with Crippen molar-refractivity contribution in [1.29, 1.82) is 0 Å². The minimum atomic E-state index is 0.398. The van der Waals surface area contributed by atoms with Crippen molar-refractivity contribution < 1.29 is 4.74 Å². The van der Waals surface area contributed by atoms with Gasteiger partial charge < -0.3 is 4.74 Å². The van der Waals surface area contributed by atoms with Crippen molar-refractivity contribution in [2.24, 2.45) is 5.92 Å². The summed E-state index contributed by atoms with van der Waals surface area (Å²) in [6.45, 7) is 10.3. The third-order valence-electron chi connectivity index (χ3n) is 3.34. The summed E-state index contributed by atoms with van der Waals surface area (Å²) in [5.41, 5.74) is 3.72. The van der Waals surface area contributed by atoms with Crippen LogP contribution < -0.4 is 0 Å². The predicted octanol–water partition coefficient (Wildman–Crippen LogP) is 2.87. The van der Waals surface area contributed by atoms with Gasteiger partial charge in [0.2, 0.25) is 0 Å². The Labute approximate surface area is 97.2 Å². The lowest BCUT2D eigenvalue weighted by Crippen LogP contribution is -2.24. The lowest BCUT2D eigenvalue weighted by atomic mass is 9.86. The van der Waals surface area contributed by atoms with Crippen LogP contribution in [0.15, 0.2) is 6.20 Å². The van der Waals surface area contributed by atoms with Crippen LogP contribution in [0.1, 0.15) is 56.4 Å². The quantitative estimate of drug-likeness (QED) is 0.768. The maximum Gasteiger partial charge on any atom is 0.0745 e. The van der Waals surface area contributed by atoms with Gasteiger partial charge in [0.05, 0.1) is 25.1 Å². The highest BCUT2D eigenvalue weighted by Gasteiger charge is 2.27. The summed E-state index contributed by atoms with van der Waals surface area (Å²) < 4.78 is 5.69. The van der Waals surface area contributed by atoms with Gasteiger partial charge in [0, 0.05) is 11.5 Å². The topological polar surface area (TPSA) is 35.0 Å². The fourth-order valence-electron chi connectivity index (χ4n) is 2.27. The van der Waals surface area contributed by atoms with E-state index in [2.05, 4.69) is 37.9 Å². The van der Waals surface area contributed by atoms with Crippen molar-refractivity contribution in [2.45, 2.75) is 46.1 Å². The van der Waals surface area contributed by atoms with E-state index in [1.165, 1.54) is 11.1 Å². The van der Waals surface area contributed by atoms with Crippen molar-refractivity contribution in [3.8, 4) is 0 Å². The van der Waals surface area contributed by atoms with Crippen LogP contribution in [0.2, 0.25) is 0 Å². The summed E-state index contributed by atoms with van der Waals surface area (Å²) in [5.74, 6) is 1.43. The van der Waals surface area contributed by atoms with Crippen molar-refractivity contribution in [3.05, 3.63) is 23.0 Å². The zero-order chi connectivity index (χ0) is 11.7. The Morgan fingerprint density at radius 2 is 2.06 bits per heavy atom. The van der Waals surface area contributed by atoms with Crippen LogP contribution in [0.5, 0.6) is 0 Å². The van der Waals surface area contributed by atoms with Gasteiger partial charge in [-0.2, -0.15) is 10.2 Å². The first-order valence-corrected chi connectivity index (χ1v) is 6.03. The van der Waals surface area contributed by atoms with Crippen molar-refractivity contribution in [1.82, 2.24) is 10.2 Å². The van der Waals surface area contributed by atoms with E-state index in [1.54, 1.807) is 0 Å². The lowest BCUT2D eigenvalue weighted by molar-refractivity contribution is 0.0756. The molecule has 0 saturated carbocycles. The molecule has 0 bridgehead atoms. The van der Waals surface area contributed by atoms with Crippen molar-refractivity contribution in [2.75, 3.05) is 6.61 Å². The molecule has 88 valence electrons. The highest BCUT2D eigenvalue weighted by atomic mass is 16.5. The Morgan fingerprint density at radius 1 is 1.31 bits per heavy atom. The summed E-state index contributed by atoms with van der Waals surface area (Å²) in [7, 11) is 0. The molecule has 1 aromatic rings. The van der Waals surface area contributed by atoms with Crippen LogP contribution in [-0.4, -0.2) is 16.8 Å². The van der Waals surface area contributed by atoms with Crippen LogP contribution in [0, 0.1) is 5.92 Å². The average molecular weight is 220 g/mol. The summed E-state index contributed by atoms with van der Waals surface area (Å²) in [6, 6.07) is 0. The van der Waals surface area contributed by atoms with Crippen LogP contribution in [0.25, 0.3) is 0 Å². The molecular formula is C13H20N2O. The van der Waals surface area contributed by atoms with Gasteiger partial charge in [-0.05, 0) is 17.4 Å². The van der Waals surface area contributed by atoms with Gasteiger partial charge in [-0.15, -0.1) is 0 Å². The molecule has 16 heavy (non-hydrogen) atoms. The van der Waals surface area contributed by atoms with Crippen LogP contribution >= 0.6 is 0 Å². The van der Waals surface area contributed by atoms with E-state index in [9.17, 15) is 0 Å². The van der Waals surface area contributed by atoms with Gasteiger partial charge in [-0.25, -0.2) is 0 Å². The molecule has 0 amide bonds. The Hall–Kier alpha value is -0.960. The molecule has 2 heterocycles. The molecule has 1 aliphatic rings. The number of ether oxygens (including phenoxy) is 1. The number of hydrogen-bond acceptors (Lipinski definition) is 3. The molecular weight excluding hydrogens is 200 g/mol. The molecule has 1 unspecified atom stereocenters. The SMILES string of the molecule is CC(C)c1cnnc2c1COCC2C(C)C. The normalized spacial score (nSPS) is 20.2. The summed E-state index contributed by atoms with van der Waals surface area (Å²) in [4.78, 5) is 0. The van der Waals surface area contributed by atoms with E-state index in [1.807, 2.05) is 6.20 Å². The van der Waals surface area contributed by atoms with E-state index < -0.39 is 0 Å². The Kier molecular flexibility index (Phi) is 3.24. The predicted molar refractivity (Wildman–Crippen MR) is 63.4 cm³/mol. The van der Waals surface area contributed by atoms with Gasteiger partial charge in [0.25, 0.3) is 0 Å². The zero-order valence-corrected chi connectivity index (χ0v) is 10.5. The Bertz CT molecular complexity index is 374. The minimum Gasteiger partial charge on any atom is -0.376 e. The molecule has 0 radical (unpaired) electrons. The first-order chi connectivity index (χ1) is 7.61. The number of aromatic nitrogens is 2. The van der Waals surface area contributed by atoms with Gasteiger partial charge in [-0.3, -0.25) is 0 Å². The maximum atomic E-state index is 5.69.